The summed E-state index contributed by atoms with van der Waals surface area (Å²) in [6, 6.07) is 12.5. The first kappa shape index (κ1) is 21.6. The Labute approximate surface area is 209 Å². The molecule has 0 aliphatic rings. The average Bonchev–Trinajstić information content (AvgIpc) is 3.35. The van der Waals surface area contributed by atoms with Crippen LogP contribution in [0, 0.1) is 5.82 Å². The van der Waals surface area contributed by atoms with Crippen LogP contribution < -0.4 is 5.32 Å². The first-order chi connectivity index (χ1) is 18.4. The maximum absolute atomic E-state index is 15.0. The number of aliphatic hydroxyl groups is 1. The van der Waals surface area contributed by atoms with Crippen LogP contribution in [0.25, 0.3) is 28.2 Å². The summed E-state index contributed by atoms with van der Waals surface area (Å²) < 4.78 is 72.7. The molecule has 5 rings (SSSR count). The Balaban J connectivity index is 1.67. The highest BCUT2D eigenvalue weighted by molar-refractivity contribution is 6.09. The number of nitrogens with one attached hydrogen (secondary N) is 1. The third-order valence-corrected chi connectivity index (χ3v) is 5.58. The zero-order valence-electron chi connectivity index (χ0n) is 20.7. The van der Waals surface area contributed by atoms with E-state index in [1.54, 1.807) is 30.3 Å². The van der Waals surface area contributed by atoms with Crippen molar-refractivity contribution in [3.05, 3.63) is 102 Å². The summed E-state index contributed by atoms with van der Waals surface area (Å²) in [4.78, 5) is 25.2. The van der Waals surface area contributed by atoms with Crippen LogP contribution in [0.15, 0.2) is 79.4 Å². The molecule has 11 heteroatoms. The Kier molecular flexibility index (Phi) is 5.51. The molecule has 0 spiro atoms. The molecular formula is C26H17F4N5O2. The molecule has 3 heterocycles. The summed E-state index contributed by atoms with van der Waals surface area (Å²) in [6.45, 7) is -2.78. The molecule has 0 unspecified atom stereocenters. The molecule has 1 amide bonds. The Hall–Kier alpha value is -4.64. The highest BCUT2D eigenvalue weighted by atomic mass is 19.4. The molecule has 0 atom stereocenters. The Morgan fingerprint density at radius 1 is 1.03 bits per heavy atom. The molecular weight excluding hydrogens is 490 g/mol. The number of carbonyl (C=O) groups is 1. The quantitative estimate of drug-likeness (QED) is 0.311. The summed E-state index contributed by atoms with van der Waals surface area (Å²) in [7, 11) is 0. The lowest BCUT2D eigenvalue weighted by Gasteiger charge is -2.16. The topological polar surface area (TPSA) is 92.4 Å². The van der Waals surface area contributed by atoms with E-state index in [0.29, 0.717) is 11.1 Å². The monoisotopic (exact) mass is 509 g/mol. The molecule has 37 heavy (non-hydrogen) atoms. The maximum atomic E-state index is 15.0. The van der Waals surface area contributed by atoms with Crippen LogP contribution in [0.3, 0.4) is 0 Å². The molecule has 0 saturated carbocycles. The predicted octanol–water partition coefficient (Wildman–Crippen LogP) is 5.36. The second-order valence-corrected chi connectivity index (χ2v) is 7.82. The number of benzene rings is 2. The number of hydrogen-bond donors (Lipinski definition) is 2. The van der Waals surface area contributed by atoms with Gasteiger partial charge in [-0.05, 0) is 29.8 Å². The Morgan fingerprint density at radius 3 is 2.43 bits per heavy atom. The van der Waals surface area contributed by atoms with Crippen LogP contribution in [-0.4, -0.2) is 30.4 Å². The van der Waals surface area contributed by atoms with Crippen LogP contribution in [0.2, 0.25) is 0 Å². The zero-order chi connectivity index (χ0) is 27.9. The fraction of sp³-hybridized carbons (Fsp3) is 0.0769. The van der Waals surface area contributed by atoms with E-state index < -0.39 is 41.2 Å². The number of alkyl halides is 3. The SMILES string of the molecule is [2H]C([2H])(O)c1cnc2c(NC(=O)c3cc(-c4ncccn4)c(C(F)(F)F)cc3F)c(-c3ccccc3)ccn12. The van der Waals surface area contributed by atoms with Gasteiger partial charge in [-0.3, -0.25) is 9.20 Å². The molecule has 0 saturated heterocycles. The fourth-order valence-electron chi connectivity index (χ4n) is 3.90. The van der Waals surface area contributed by atoms with Crippen molar-refractivity contribution in [3.8, 4) is 22.5 Å². The van der Waals surface area contributed by atoms with Crippen molar-refractivity contribution < 1.29 is 30.2 Å². The van der Waals surface area contributed by atoms with Crippen LogP contribution in [0.4, 0.5) is 23.2 Å². The number of nitrogens with zero attached hydrogens (tertiary/aromatic N) is 4. The number of imidazole rings is 1. The third-order valence-electron chi connectivity index (χ3n) is 5.58. The number of pyridine rings is 1. The van der Waals surface area contributed by atoms with Crippen molar-refractivity contribution in [2.45, 2.75) is 12.7 Å². The van der Waals surface area contributed by atoms with Crippen molar-refractivity contribution >= 4 is 17.2 Å². The van der Waals surface area contributed by atoms with E-state index >= 15 is 4.39 Å². The van der Waals surface area contributed by atoms with Gasteiger partial charge in [0.05, 0.1) is 38.0 Å². The largest absolute Gasteiger partial charge is 0.417 e. The van der Waals surface area contributed by atoms with Crippen molar-refractivity contribution in [3.63, 3.8) is 0 Å². The Morgan fingerprint density at radius 2 is 1.76 bits per heavy atom. The number of hydrogen-bond acceptors (Lipinski definition) is 5. The minimum absolute atomic E-state index is 0.0107. The summed E-state index contributed by atoms with van der Waals surface area (Å²) in [5.74, 6) is -2.88. The molecule has 7 nitrogen and oxygen atoms in total. The lowest BCUT2D eigenvalue weighted by molar-refractivity contribution is -0.137. The van der Waals surface area contributed by atoms with Gasteiger partial charge in [-0.2, -0.15) is 13.2 Å². The highest BCUT2D eigenvalue weighted by Gasteiger charge is 2.36. The van der Waals surface area contributed by atoms with Gasteiger partial charge in [0.1, 0.15) is 5.82 Å². The molecule has 0 aliphatic carbocycles. The summed E-state index contributed by atoms with van der Waals surface area (Å²) >= 11 is 0. The van der Waals surface area contributed by atoms with Gasteiger partial charge in [-0.25, -0.2) is 19.3 Å². The van der Waals surface area contributed by atoms with E-state index in [1.807, 2.05) is 0 Å². The number of anilines is 1. The lowest BCUT2D eigenvalue weighted by Crippen LogP contribution is -2.18. The zero-order valence-corrected chi connectivity index (χ0v) is 18.7. The van der Waals surface area contributed by atoms with Gasteiger partial charge in [0, 0.05) is 29.7 Å². The summed E-state index contributed by atoms with van der Waals surface area (Å²) in [5.41, 5.74) is -1.85. The minimum Gasteiger partial charge on any atom is -0.390 e. The molecule has 0 aliphatic heterocycles. The van der Waals surface area contributed by atoms with Crippen LogP contribution in [0.5, 0.6) is 0 Å². The van der Waals surface area contributed by atoms with Gasteiger partial charge < -0.3 is 10.4 Å². The van der Waals surface area contributed by atoms with Gasteiger partial charge in [0.2, 0.25) is 0 Å². The number of aromatic nitrogens is 4. The molecule has 0 fully saturated rings. The predicted molar refractivity (Wildman–Crippen MR) is 127 cm³/mol. The normalized spacial score (nSPS) is 12.8. The molecule has 5 aromatic rings. The molecule has 0 bridgehead atoms. The summed E-state index contributed by atoms with van der Waals surface area (Å²) in [6.07, 6.45) is -0.00913. The van der Waals surface area contributed by atoms with E-state index in [0.717, 1.165) is 12.3 Å². The number of halogens is 4. The number of rotatable bonds is 5. The van der Waals surface area contributed by atoms with Gasteiger partial charge in [0.15, 0.2) is 11.5 Å². The van der Waals surface area contributed by atoms with Gasteiger partial charge >= 0.3 is 6.18 Å². The van der Waals surface area contributed by atoms with Gasteiger partial charge in [0.25, 0.3) is 5.91 Å². The van der Waals surface area contributed by atoms with E-state index in [4.69, 9.17) is 2.74 Å². The number of fused-ring (bicyclic) bond motifs is 1. The smallest absolute Gasteiger partial charge is 0.390 e. The van der Waals surface area contributed by atoms with Crippen LogP contribution >= 0.6 is 0 Å². The van der Waals surface area contributed by atoms with E-state index in [2.05, 4.69) is 20.3 Å². The van der Waals surface area contributed by atoms with Crippen molar-refractivity contribution in [2.75, 3.05) is 5.32 Å². The van der Waals surface area contributed by atoms with Crippen molar-refractivity contribution in [1.29, 1.82) is 0 Å². The van der Waals surface area contributed by atoms with Crippen molar-refractivity contribution in [2.24, 2.45) is 0 Å². The maximum Gasteiger partial charge on any atom is 0.417 e. The Bertz CT molecular complexity index is 1690. The lowest BCUT2D eigenvalue weighted by atomic mass is 10.0. The first-order valence-corrected chi connectivity index (χ1v) is 10.7. The second-order valence-electron chi connectivity index (χ2n) is 7.82. The molecule has 2 N–H and O–H groups in total. The second kappa shape index (κ2) is 9.43. The average molecular weight is 509 g/mol. The molecule has 3 aromatic heterocycles. The summed E-state index contributed by atoms with van der Waals surface area (Å²) in [5, 5.41) is 12.4. The van der Waals surface area contributed by atoms with Gasteiger partial charge in [-0.15, -0.1) is 0 Å². The third kappa shape index (κ3) is 4.52. The molecule has 0 radical (unpaired) electrons. The van der Waals surface area contributed by atoms with Crippen LogP contribution in [0.1, 0.15) is 24.4 Å². The van der Waals surface area contributed by atoms with Gasteiger partial charge in [-0.1, -0.05) is 30.3 Å². The van der Waals surface area contributed by atoms with E-state index in [-0.39, 0.29) is 28.9 Å². The van der Waals surface area contributed by atoms with Crippen LogP contribution in [-0.2, 0) is 12.7 Å². The van der Waals surface area contributed by atoms with E-state index in [9.17, 15) is 23.1 Å². The van der Waals surface area contributed by atoms with Crippen molar-refractivity contribution in [1.82, 2.24) is 19.4 Å². The fourth-order valence-corrected chi connectivity index (χ4v) is 3.90. The minimum atomic E-state index is -4.95. The molecule has 186 valence electrons. The van der Waals surface area contributed by atoms with E-state index in [1.165, 1.54) is 35.1 Å². The highest BCUT2D eigenvalue weighted by Crippen LogP contribution is 2.38. The first-order valence-electron chi connectivity index (χ1n) is 11.7. The number of carbonyl (C=O) groups excluding carboxylic acids is 1. The molecule has 2 aromatic carbocycles. The number of amides is 1. The standard InChI is InChI=1S/C26H17F4N5O2/c27-21-12-20(26(28,29)30)18(23-31-8-4-9-32-23)11-19(21)25(37)34-22-17(15-5-2-1-3-6-15)7-10-35-16(14-36)13-33-24(22)35/h1-13,36H,14H2,(H,34,37)/i14D2.